The van der Waals surface area contributed by atoms with E-state index in [0.29, 0.717) is 11.3 Å². The third kappa shape index (κ3) is 5.64. The van der Waals surface area contributed by atoms with Crippen LogP contribution in [0.4, 0.5) is 10.1 Å². The van der Waals surface area contributed by atoms with E-state index in [1.807, 2.05) is 25.1 Å². The Bertz CT molecular complexity index is 882. The molecule has 0 aliphatic rings. The highest BCUT2D eigenvalue weighted by Crippen LogP contribution is 2.15. The van der Waals surface area contributed by atoms with Crippen molar-refractivity contribution in [3.8, 4) is 0 Å². The number of ether oxygens (including phenoxy) is 1. The van der Waals surface area contributed by atoms with Crippen LogP contribution in [-0.4, -0.2) is 42.9 Å². The number of benzene rings is 2. The Morgan fingerprint density at radius 3 is 2.54 bits per heavy atom. The number of nitrogens with zero attached hydrogens (tertiary/aromatic N) is 1. The average molecular weight is 386 g/mol. The molecule has 0 aliphatic carbocycles. The smallest absolute Gasteiger partial charge is 0.338 e. The van der Waals surface area contributed by atoms with Gasteiger partial charge in [0.05, 0.1) is 12.1 Å². The van der Waals surface area contributed by atoms with Crippen LogP contribution in [0.3, 0.4) is 0 Å². The van der Waals surface area contributed by atoms with Crippen LogP contribution >= 0.6 is 0 Å². The average Bonchev–Trinajstić information content (AvgIpc) is 2.68. The predicted molar refractivity (Wildman–Crippen MR) is 104 cm³/mol. The number of rotatable bonds is 7. The number of aryl methyl sites for hydroxylation is 2. The van der Waals surface area contributed by atoms with Crippen molar-refractivity contribution in [2.24, 2.45) is 0 Å². The van der Waals surface area contributed by atoms with Gasteiger partial charge >= 0.3 is 5.97 Å². The van der Waals surface area contributed by atoms with Crippen LogP contribution in [-0.2, 0) is 20.7 Å². The van der Waals surface area contributed by atoms with Crippen LogP contribution in [0.25, 0.3) is 0 Å². The predicted octanol–water partition coefficient (Wildman–Crippen LogP) is 2.95. The molecule has 28 heavy (non-hydrogen) atoms. The van der Waals surface area contributed by atoms with Gasteiger partial charge in [0.25, 0.3) is 5.91 Å². The number of likely N-dealkylation sites (N-methyl/N-ethyl adjacent to an activating group) is 1. The van der Waals surface area contributed by atoms with Crippen LogP contribution in [0, 0.1) is 12.7 Å². The summed E-state index contributed by atoms with van der Waals surface area (Å²) in [6.07, 6.45) is 0.765. The van der Waals surface area contributed by atoms with Gasteiger partial charge in [-0.3, -0.25) is 9.59 Å². The zero-order valence-corrected chi connectivity index (χ0v) is 16.1. The molecular weight excluding hydrogens is 363 g/mol. The highest BCUT2D eigenvalue weighted by Gasteiger charge is 2.17. The summed E-state index contributed by atoms with van der Waals surface area (Å²) in [7, 11) is 1.44. The van der Waals surface area contributed by atoms with Crippen molar-refractivity contribution in [2.75, 3.05) is 25.5 Å². The van der Waals surface area contributed by atoms with Gasteiger partial charge in [-0.25, -0.2) is 9.18 Å². The van der Waals surface area contributed by atoms with E-state index in [1.54, 1.807) is 13.0 Å². The molecule has 0 atom stereocenters. The lowest BCUT2D eigenvalue weighted by Crippen LogP contribution is -2.37. The molecule has 148 valence electrons. The van der Waals surface area contributed by atoms with E-state index >= 15 is 0 Å². The quantitative estimate of drug-likeness (QED) is 0.743. The van der Waals surface area contributed by atoms with E-state index in [4.69, 9.17) is 4.74 Å². The van der Waals surface area contributed by atoms with Crippen LogP contribution < -0.4 is 5.32 Å². The molecule has 0 heterocycles. The molecule has 0 aliphatic heterocycles. The Morgan fingerprint density at radius 2 is 1.86 bits per heavy atom. The number of esters is 1. The Morgan fingerprint density at radius 1 is 1.14 bits per heavy atom. The first-order valence-corrected chi connectivity index (χ1v) is 8.86. The van der Waals surface area contributed by atoms with Gasteiger partial charge in [0, 0.05) is 12.7 Å². The first-order valence-electron chi connectivity index (χ1n) is 8.86. The van der Waals surface area contributed by atoms with Gasteiger partial charge in [-0.05, 0) is 42.7 Å². The number of anilines is 1. The molecule has 0 bridgehead atoms. The van der Waals surface area contributed by atoms with Crippen molar-refractivity contribution in [1.29, 1.82) is 0 Å². The first kappa shape index (κ1) is 21.1. The maximum Gasteiger partial charge on any atom is 0.338 e. The minimum atomic E-state index is -0.804. The Hall–Kier alpha value is -3.22. The molecule has 1 N–H and O–H groups in total. The van der Waals surface area contributed by atoms with Crippen molar-refractivity contribution >= 4 is 23.5 Å². The van der Waals surface area contributed by atoms with Gasteiger partial charge in [-0.15, -0.1) is 0 Å². The maximum atomic E-state index is 13.5. The minimum Gasteiger partial charge on any atom is -0.452 e. The molecule has 6 nitrogen and oxygen atoms in total. The van der Waals surface area contributed by atoms with Gasteiger partial charge in [-0.1, -0.05) is 31.2 Å². The molecule has 2 amide bonds. The number of halogens is 1. The van der Waals surface area contributed by atoms with Crippen LogP contribution in [0.1, 0.15) is 28.4 Å². The molecule has 0 fully saturated rings. The minimum absolute atomic E-state index is 0.0208. The largest absolute Gasteiger partial charge is 0.452 e. The molecule has 0 unspecified atom stereocenters. The number of nitrogens with one attached hydrogen (secondary N) is 1. The second kappa shape index (κ2) is 9.64. The summed E-state index contributed by atoms with van der Waals surface area (Å²) in [5.41, 5.74) is 2.11. The molecule has 2 rings (SSSR count). The molecule has 7 heteroatoms. The standard InChI is InChI=1S/C21H23FN2O4/c1-4-15-7-5-6-8-18(15)23-19(25)12-24(3)20(26)13-28-21(27)16-10-9-14(2)17(22)11-16/h5-11H,4,12-13H2,1-3H3,(H,23,25). The van der Waals surface area contributed by atoms with Gasteiger partial charge in [0.15, 0.2) is 6.61 Å². The van der Waals surface area contributed by atoms with Crippen LogP contribution in [0.5, 0.6) is 0 Å². The number of carbonyl (C=O) groups excluding carboxylic acids is 3. The summed E-state index contributed by atoms with van der Waals surface area (Å²) in [4.78, 5) is 37.4. The lowest BCUT2D eigenvalue weighted by atomic mass is 10.1. The number of hydrogen-bond donors (Lipinski definition) is 1. The molecular formula is C21H23FN2O4. The van der Waals surface area contributed by atoms with E-state index in [2.05, 4.69) is 5.32 Å². The van der Waals surface area contributed by atoms with Crippen molar-refractivity contribution in [1.82, 2.24) is 4.90 Å². The number of para-hydroxylation sites is 1. The second-order valence-electron chi connectivity index (χ2n) is 6.35. The monoisotopic (exact) mass is 386 g/mol. The second-order valence-corrected chi connectivity index (χ2v) is 6.35. The number of hydrogen-bond acceptors (Lipinski definition) is 4. The lowest BCUT2D eigenvalue weighted by Gasteiger charge is -2.17. The fourth-order valence-electron chi connectivity index (χ4n) is 2.48. The molecule has 0 saturated carbocycles. The maximum absolute atomic E-state index is 13.5. The summed E-state index contributed by atoms with van der Waals surface area (Å²) in [5.74, 6) is -2.23. The van der Waals surface area contributed by atoms with Crippen molar-refractivity contribution in [3.63, 3.8) is 0 Å². The summed E-state index contributed by atoms with van der Waals surface area (Å²) in [6.45, 7) is 2.83. The van der Waals surface area contributed by atoms with Crippen molar-refractivity contribution < 1.29 is 23.5 Å². The fourth-order valence-corrected chi connectivity index (χ4v) is 2.48. The van der Waals surface area contributed by atoms with E-state index in [0.717, 1.165) is 23.0 Å². The number of carbonyl (C=O) groups is 3. The summed E-state index contributed by atoms with van der Waals surface area (Å²) in [6, 6.07) is 11.4. The highest BCUT2D eigenvalue weighted by molar-refractivity contribution is 5.96. The van der Waals surface area contributed by atoms with Gasteiger partial charge in [0.1, 0.15) is 5.82 Å². The van der Waals surface area contributed by atoms with Crippen molar-refractivity contribution in [3.05, 3.63) is 65.0 Å². The van der Waals surface area contributed by atoms with Gasteiger partial charge in [-0.2, -0.15) is 0 Å². The van der Waals surface area contributed by atoms with Crippen LogP contribution in [0.2, 0.25) is 0 Å². The summed E-state index contributed by atoms with van der Waals surface area (Å²) in [5, 5.41) is 2.77. The molecule has 0 saturated heterocycles. The van der Waals surface area contributed by atoms with Gasteiger partial charge < -0.3 is 15.0 Å². The number of amides is 2. The lowest BCUT2D eigenvalue weighted by molar-refractivity contribution is -0.136. The van der Waals surface area contributed by atoms with E-state index in [-0.39, 0.29) is 18.0 Å². The molecule has 2 aromatic carbocycles. The third-order valence-corrected chi connectivity index (χ3v) is 4.21. The Labute approximate surface area is 163 Å². The van der Waals surface area contributed by atoms with Crippen LogP contribution in [0.15, 0.2) is 42.5 Å². The summed E-state index contributed by atoms with van der Waals surface area (Å²) >= 11 is 0. The zero-order chi connectivity index (χ0) is 20.7. The fraction of sp³-hybridized carbons (Fsp3) is 0.286. The zero-order valence-electron chi connectivity index (χ0n) is 16.1. The van der Waals surface area contributed by atoms with Gasteiger partial charge in [0.2, 0.25) is 5.91 Å². The molecule has 0 aromatic heterocycles. The molecule has 0 spiro atoms. The SMILES string of the molecule is CCc1ccccc1NC(=O)CN(C)C(=O)COC(=O)c1ccc(C)c(F)c1. The topological polar surface area (TPSA) is 75.7 Å². The normalized spacial score (nSPS) is 10.3. The molecule has 0 radical (unpaired) electrons. The Kier molecular flexibility index (Phi) is 7.26. The molecule has 2 aromatic rings. The third-order valence-electron chi connectivity index (χ3n) is 4.21. The van der Waals surface area contributed by atoms with E-state index in [9.17, 15) is 18.8 Å². The highest BCUT2D eigenvalue weighted by atomic mass is 19.1. The van der Waals surface area contributed by atoms with Crippen molar-refractivity contribution in [2.45, 2.75) is 20.3 Å². The van der Waals surface area contributed by atoms with E-state index in [1.165, 1.54) is 19.2 Å². The Balaban J connectivity index is 1.85. The first-order chi connectivity index (χ1) is 13.3. The van der Waals surface area contributed by atoms with E-state index < -0.39 is 24.3 Å². The summed E-state index contributed by atoms with van der Waals surface area (Å²) < 4.78 is 18.4.